The highest BCUT2D eigenvalue weighted by Crippen LogP contribution is 2.24. The van der Waals surface area contributed by atoms with Gasteiger partial charge in [-0.3, -0.25) is 24.3 Å². The fourth-order valence-corrected chi connectivity index (χ4v) is 6.12. The number of aromatic nitrogens is 3. The van der Waals surface area contributed by atoms with Crippen LogP contribution >= 0.6 is 0 Å². The zero-order chi connectivity index (χ0) is 32.0. The number of methoxy groups -OCH3 is 1. The number of rotatable bonds is 9. The average molecular weight is 625 g/mol. The van der Waals surface area contributed by atoms with Gasteiger partial charge in [0.15, 0.2) is 5.78 Å². The summed E-state index contributed by atoms with van der Waals surface area (Å²) >= 11 is 0. The predicted octanol–water partition coefficient (Wildman–Crippen LogP) is 4.35. The molecule has 2 saturated heterocycles. The molecular weight excluding hydrogens is 587 g/mol. The van der Waals surface area contributed by atoms with Crippen LogP contribution in [0.25, 0.3) is 5.69 Å². The Balaban J connectivity index is 0.957. The first-order chi connectivity index (χ1) is 22.4. The van der Waals surface area contributed by atoms with Gasteiger partial charge in [-0.1, -0.05) is 12.1 Å². The van der Waals surface area contributed by atoms with Crippen molar-refractivity contribution in [3.05, 3.63) is 108 Å². The first-order valence-corrected chi connectivity index (χ1v) is 15.6. The molecule has 2 amide bonds. The van der Waals surface area contributed by atoms with Gasteiger partial charge in [0.05, 0.1) is 25.0 Å². The summed E-state index contributed by atoms with van der Waals surface area (Å²) in [6.07, 6.45) is 7.13. The van der Waals surface area contributed by atoms with Gasteiger partial charge < -0.3 is 19.5 Å². The van der Waals surface area contributed by atoms with E-state index in [2.05, 4.69) is 20.2 Å². The van der Waals surface area contributed by atoms with E-state index in [-0.39, 0.29) is 35.4 Å². The smallest absolute Gasteiger partial charge is 0.272 e. The summed E-state index contributed by atoms with van der Waals surface area (Å²) in [5.41, 5.74) is 3.24. The summed E-state index contributed by atoms with van der Waals surface area (Å²) in [5.74, 6) is -0.0413. The van der Waals surface area contributed by atoms with Crippen LogP contribution in [0.15, 0.2) is 85.6 Å². The predicted molar refractivity (Wildman–Crippen MR) is 170 cm³/mol. The van der Waals surface area contributed by atoms with Crippen molar-refractivity contribution in [2.45, 2.75) is 38.0 Å². The summed E-state index contributed by atoms with van der Waals surface area (Å²) in [4.78, 5) is 51.0. The molecule has 6 rings (SSSR count). The van der Waals surface area contributed by atoms with Crippen LogP contribution in [0.1, 0.15) is 56.0 Å². The van der Waals surface area contributed by atoms with Crippen molar-refractivity contribution in [3.8, 4) is 11.4 Å². The standard InChI is InChI=1S/C35H37FN6O4/c1-46-29-9-4-25(5-10-29)33(43)26-12-17-41(18-13-26)35(45)32-11-6-27(20-38-32)34(44)39-31-14-16-40(22-30(31)36)21-24-2-7-28(8-3-24)42-19-15-37-23-42/h2-11,15,19-20,23,26,30-31H,12-14,16-18,21-22H2,1H3,(H,39,44)/t30-,31-/m1/s1. The molecule has 2 fully saturated rings. The summed E-state index contributed by atoms with van der Waals surface area (Å²) in [6.45, 7) is 2.40. The van der Waals surface area contributed by atoms with Crippen molar-refractivity contribution >= 4 is 17.6 Å². The molecule has 0 radical (unpaired) electrons. The summed E-state index contributed by atoms with van der Waals surface area (Å²) in [6, 6.07) is 17.6. The van der Waals surface area contributed by atoms with Gasteiger partial charge in [-0.25, -0.2) is 9.37 Å². The number of halogens is 1. The number of amides is 2. The third-order valence-corrected chi connectivity index (χ3v) is 8.86. The molecule has 238 valence electrons. The van der Waals surface area contributed by atoms with Crippen LogP contribution in [0.2, 0.25) is 0 Å². The average Bonchev–Trinajstić information content (AvgIpc) is 3.65. The van der Waals surface area contributed by atoms with Gasteiger partial charge in [0.1, 0.15) is 17.6 Å². The number of nitrogens with one attached hydrogen (secondary N) is 1. The van der Waals surface area contributed by atoms with Crippen LogP contribution in [0.3, 0.4) is 0 Å². The Hall–Kier alpha value is -4.90. The monoisotopic (exact) mass is 624 g/mol. The summed E-state index contributed by atoms with van der Waals surface area (Å²) in [7, 11) is 1.58. The Bertz CT molecular complexity index is 1640. The molecule has 11 heteroatoms. The van der Waals surface area contributed by atoms with Gasteiger partial charge in [0.2, 0.25) is 0 Å². The van der Waals surface area contributed by atoms with Gasteiger partial charge in [0.25, 0.3) is 11.8 Å². The quantitative estimate of drug-likeness (QED) is 0.276. The van der Waals surface area contributed by atoms with E-state index in [0.717, 1.165) is 11.3 Å². The van der Waals surface area contributed by atoms with Crippen LogP contribution < -0.4 is 10.1 Å². The number of piperidine rings is 2. The molecule has 1 N–H and O–H groups in total. The number of hydrogen-bond donors (Lipinski definition) is 1. The Morgan fingerprint density at radius 2 is 1.67 bits per heavy atom. The lowest BCUT2D eigenvalue weighted by molar-refractivity contribution is 0.0645. The van der Waals surface area contributed by atoms with E-state index in [0.29, 0.717) is 56.8 Å². The second-order valence-corrected chi connectivity index (χ2v) is 11.8. The second-order valence-electron chi connectivity index (χ2n) is 11.8. The first-order valence-electron chi connectivity index (χ1n) is 15.6. The lowest BCUT2D eigenvalue weighted by Crippen LogP contribution is -2.52. The Labute approximate surface area is 267 Å². The molecule has 4 aromatic rings. The van der Waals surface area contributed by atoms with E-state index < -0.39 is 18.1 Å². The Kier molecular flexibility index (Phi) is 9.49. The highest BCUT2D eigenvalue weighted by atomic mass is 19.1. The van der Waals surface area contributed by atoms with Gasteiger partial charge in [-0.2, -0.15) is 0 Å². The zero-order valence-corrected chi connectivity index (χ0v) is 25.7. The molecule has 2 aliphatic heterocycles. The van der Waals surface area contributed by atoms with Crippen LogP contribution in [-0.4, -0.2) is 87.4 Å². The van der Waals surface area contributed by atoms with E-state index in [1.165, 1.54) is 12.3 Å². The molecule has 0 saturated carbocycles. The van der Waals surface area contributed by atoms with E-state index in [1.807, 2.05) is 35.0 Å². The van der Waals surface area contributed by atoms with Crippen LogP contribution in [-0.2, 0) is 6.54 Å². The molecule has 2 atom stereocenters. The number of ether oxygens (including phenoxy) is 1. The SMILES string of the molecule is COc1ccc(C(=O)C2CCN(C(=O)c3ccc(C(=O)N[C@@H]4CCN(Cc5ccc(-n6ccnc6)cc5)C[C@H]4F)cn3)CC2)cc1. The number of nitrogens with zero attached hydrogens (tertiary/aromatic N) is 5. The third kappa shape index (κ3) is 7.15. The first kappa shape index (κ1) is 31.1. The molecule has 10 nitrogen and oxygen atoms in total. The molecule has 46 heavy (non-hydrogen) atoms. The Morgan fingerprint density at radius 1 is 0.935 bits per heavy atom. The van der Waals surface area contributed by atoms with E-state index in [9.17, 15) is 14.4 Å². The van der Waals surface area contributed by atoms with Crippen LogP contribution in [0.4, 0.5) is 4.39 Å². The maximum atomic E-state index is 15.1. The fraction of sp³-hybridized carbons (Fsp3) is 0.343. The molecule has 2 aromatic carbocycles. The number of imidazole rings is 1. The number of ketones is 1. The number of hydrogen-bond acceptors (Lipinski definition) is 7. The normalized spacial score (nSPS) is 19.0. The van der Waals surface area contributed by atoms with Crippen molar-refractivity contribution in [2.75, 3.05) is 33.3 Å². The maximum Gasteiger partial charge on any atom is 0.272 e. The molecule has 4 heterocycles. The molecule has 2 aromatic heterocycles. The molecule has 0 aliphatic carbocycles. The Morgan fingerprint density at radius 3 is 2.30 bits per heavy atom. The fourth-order valence-electron chi connectivity index (χ4n) is 6.12. The van der Waals surface area contributed by atoms with Crippen molar-refractivity contribution in [2.24, 2.45) is 5.92 Å². The third-order valence-electron chi connectivity index (χ3n) is 8.86. The van der Waals surface area contributed by atoms with E-state index in [4.69, 9.17) is 4.74 Å². The van der Waals surface area contributed by atoms with Crippen molar-refractivity contribution in [1.29, 1.82) is 0 Å². The van der Waals surface area contributed by atoms with E-state index >= 15 is 4.39 Å². The summed E-state index contributed by atoms with van der Waals surface area (Å²) in [5, 5.41) is 2.82. The van der Waals surface area contributed by atoms with Crippen molar-refractivity contribution in [1.82, 2.24) is 29.7 Å². The number of carbonyl (C=O) groups excluding carboxylic acids is 3. The zero-order valence-electron chi connectivity index (χ0n) is 25.7. The minimum Gasteiger partial charge on any atom is -0.497 e. The minimum atomic E-state index is -1.21. The van der Waals surface area contributed by atoms with Gasteiger partial charge in [-0.05, 0) is 73.4 Å². The second kappa shape index (κ2) is 14.0. The minimum absolute atomic E-state index is 0.0706. The number of pyridine rings is 1. The highest BCUT2D eigenvalue weighted by Gasteiger charge is 2.31. The van der Waals surface area contributed by atoms with Gasteiger partial charge >= 0.3 is 0 Å². The summed E-state index contributed by atoms with van der Waals surface area (Å²) < 4.78 is 22.2. The largest absolute Gasteiger partial charge is 0.497 e. The highest BCUT2D eigenvalue weighted by molar-refractivity contribution is 5.99. The van der Waals surface area contributed by atoms with Crippen molar-refractivity contribution < 1.29 is 23.5 Å². The molecular formula is C35H37FN6O4. The lowest BCUT2D eigenvalue weighted by atomic mass is 9.88. The number of alkyl halides is 1. The number of Topliss-reactive ketones (excluding diaryl/α,β-unsaturated/α-hetero) is 1. The molecule has 0 unspecified atom stereocenters. The molecule has 0 spiro atoms. The lowest BCUT2D eigenvalue weighted by Gasteiger charge is -2.35. The number of carbonyl (C=O) groups is 3. The maximum absolute atomic E-state index is 15.1. The van der Waals surface area contributed by atoms with Crippen LogP contribution in [0, 0.1) is 5.92 Å². The molecule has 0 bridgehead atoms. The van der Waals surface area contributed by atoms with Gasteiger partial charge in [-0.15, -0.1) is 0 Å². The number of benzene rings is 2. The topological polar surface area (TPSA) is 110 Å². The van der Waals surface area contributed by atoms with E-state index in [1.54, 1.807) is 54.9 Å². The molecule has 2 aliphatic rings. The van der Waals surface area contributed by atoms with Crippen LogP contribution in [0.5, 0.6) is 5.75 Å². The van der Waals surface area contributed by atoms with Gasteiger partial charge in [0, 0.05) is 68.5 Å². The van der Waals surface area contributed by atoms with Crippen molar-refractivity contribution in [3.63, 3.8) is 0 Å². The number of likely N-dealkylation sites (tertiary alicyclic amines) is 2.